The van der Waals surface area contributed by atoms with Gasteiger partial charge in [0.25, 0.3) is 0 Å². The Balaban J connectivity index is 2.68. The van der Waals surface area contributed by atoms with Gasteiger partial charge in [0.1, 0.15) is 6.61 Å². The average Bonchev–Trinajstić information content (AvgIpc) is 2.13. The summed E-state index contributed by atoms with van der Waals surface area (Å²) in [7, 11) is 0. The van der Waals surface area contributed by atoms with E-state index in [1.807, 2.05) is 0 Å². The first-order chi connectivity index (χ1) is 4.16. The number of ether oxygens (including phenoxy) is 2. The van der Waals surface area contributed by atoms with Crippen molar-refractivity contribution in [2.24, 2.45) is 0 Å². The molecule has 0 saturated carbocycles. The van der Waals surface area contributed by atoms with Crippen molar-refractivity contribution in [1.29, 1.82) is 0 Å². The minimum atomic E-state index is -0.836. The number of carbonyl (C=O) groups is 1. The van der Waals surface area contributed by atoms with Gasteiger partial charge in [0.2, 0.25) is 5.60 Å². The van der Waals surface area contributed by atoms with E-state index in [1.165, 1.54) is 0 Å². The van der Waals surface area contributed by atoms with Gasteiger partial charge in [0.15, 0.2) is 0 Å². The van der Waals surface area contributed by atoms with Crippen molar-refractivity contribution in [3.63, 3.8) is 0 Å². The first-order valence-corrected chi connectivity index (χ1v) is 2.50. The van der Waals surface area contributed by atoms with Gasteiger partial charge in [-0.2, -0.15) is 0 Å². The molecule has 1 heterocycles. The summed E-state index contributed by atoms with van der Waals surface area (Å²) < 4.78 is 9.06. The molecule has 0 radical (unpaired) electrons. The van der Waals surface area contributed by atoms with Crippen LogP contribution in [-0.4, -0.2) is 18.4 Å². The van der Waals surface area contributed by atoms with Gasteiger partial charge in [-0.25, -0.2) is 4.79 Å². The Hall–Kier alpha value is -1.17. The van der Waals surface area contributed by atoms with E-state index < -0.39 is 11.8 Å². The van der Waals surface area contributed by atoms with Crippen molar-refractivity contribution in [3.8, 4) is 12.3 Å². The second-order valence-corrected chi connectivity index (χ2v) is 2.02. The van der Waals surface area contributed by atoms with Crippen LogP contribution in [0.25, 0.3) is 0 Å². The van der Waals surface area contributed by atoms with E-state index >= 15 is 0 Å². The van der Waals surface area contributed by atoms with E-state index in [4.69, 9.17) is 6.42 Å². The predicted octanol–water partition coefficient (Wildman–Crippen LogP) is 0.545. The van der Waals surface area contributed by atoms with Crippen LogP contribution in [-0.2, 0) is 9.47 Å². The summed E-state index contributed by atoms with van der Waals surface area (Å²) in [5, 5.41) is 0. The molecule has 1 fully saturated rings. The number of hydrogen-bond acceptors (Lipinski definition) is 3. The number of cyclic esters (lactones) is 2. The van der Waals surface area contributed by atoms with Crippen molar-refractivity contribution < 1.29 is 14.3 Å². The maximum atomic E-state index is 10.3. The van der Waals surface area contributed by atoms with Crippen molar-refractivity contribution in [2.45, 2.75) is 12.5 Å². The Morgan fingerprint density at radius 3 is 2.78 bits per heavy atom. The standard InChI is InChI=1S/C6H6O3/c1-3-6(2)4-8-5(7)9-6/h1H,4H2,2H3. The predicted molar refractivity (Wildman–Crippen MR) is 29.7 cm³/mol. The molecule has 0 spiro atoms. The molecule has 0 N–H and O–H groups in total. The van der Waals surface area contributed by atoms with Crippen molar-refractivity contribution in [2.75, 3.05) is 6.61 Å². The molecular formula is C6H6O3. The Labute approximate surface area is 52.9 Å². The molecular weight excluding hydrogens is 120 g/mol. The van der Waals surface area contributed by atoms with Crippen LogP contribution in [0.2, 0.25) is 0 Å². The Morgan fingerprint density at radius 2 is 2.56 bits per heavy atom. The molecule has 1 rings (SSSR count). The molecule has 3 nitrogen and oxygen atoms in total. The zero-order chi connectivity index (χ0) is 6.91. The molecule has 0 aromatic rings. The monoisotopic (exact) mass is 126 g/mol. The highest BCUT2D eigenvalue weighted by Gasteiger charge is 2.35. The smallest absolute Gasteiger partial charge is 0.429 e. The molecule has 1 unspecified atom stereocenters. The molecule has 9 heavy (non-hydrogen) atoms. The largest absolute Gasteiger partial charge is 0.510 e. The molecule has 1 aliphatic heterocycles. The van der Waals surface area contributed by atoms with E-state index in [1.54, 1.807) is 6.92 Å². The molecule has 0 bridgehead atoms. The van der Waals surface area contributed by atoms with Gasteiger partial charge in [-0.05, 0) is 6.92 Å². The average molecular weight is 126 g/mol. The normalized spacial score (nSPS) is 32.7. The van der Waals surface area contributed by atoms with Gasteiger partial charge >= 0.3 is 6.16 Å². The van der Waals surface area contributed by atoms with Crippen LogP contribution in [0.5, 0.6) is 0 Å². The van der Waals surface area contributed by atoms with Crippen molar-refractivity contribution in [1.82, 2.24) is 0 Å². The minimum absolute atomic E-state index is 0.155. The Kier molecular flexibility index (Phi) is 1.10. The van der Waals surface area contributed by atoms with E-state index in [9.17, 15) is 4.79 Å². The van der Waals surface area contributed by atoms with Crippen LogP contribution in [0.1, 0.15) is 6.92 Å². The summed E-state index contributed by atoms with van der Waals surface area (Å²) in [6.07, 6.45) is 4.34. The first-order valence-electron chi connectivity index (χ1n) is 2.50. The van der Waals surface area contributed by atoms with Crippen LogP contribution in [0.15, 0.2) is 0 Å². The van der Waals surface area contributed by atoms with Crippen LogP contribution >= 0.6 is 0 Å². The van der Waals surface area contributed by atoms with E-state index in [0.29, 0.717) is 0 Å². The topological polar surface area (TPSA) is 35.5 Å². The molecule has 0 aromatic carbocycles. The molecule has 1 saturated heterocycles. The molecule has 0 aromatic heterocycles. The molecule has 3 heteroatoms. The summed E-state index contributed by atoms with van der Waals surface area (Å²) in [5.74, 6) is 2.30. The lowest BCUT2D eigenvalue weighted by Gasteiger charge is -2.08. The first kappa shape index (κ1) is 5.96. The molecule has 1 atom stereocenters. The lowest BCUT2D eigenvalue weighted by molar-refractivity contribution is 0.103. The van der Waals surface area contributed by atoms with Gasteiger partial charge in [0, 0.05) is 0 Å². The summed E-state index contributed by atoms with van der Waals surface area (Å²) in [6, 6.07) is 0. The fourth-order valence-corrected chi connectivity index (χ4v) is 0.511. The zero-order valence-electron chi connectivity index (χ0n) is 5.01. The highest BCUT2D eigenvalue weighted by atomic mass is 16.8. The van der Waals surface area contributed by atoms with Gasteiger partial charge in [-0.3, -0.25) is 0 Å². The zero-order valence-corrected chi connectivity index (χ0v) is 5.01. The van der Waals surface area contributed by atoms with Crippen LogP contribution in [0.3, 0.4) is 0 Å². The van der Waals surface area contributed by atoms with Crippen LogP contribution < -0.4 is 0 Å². The molecule has 48 valence electrons. The minimum Gasteiger partial charge on any atom is -0.429 e. The fourth-order valence-electron chi connectivity index (χ4n) is 0.511. The number of rotatable bonds is 0. The highest BCUT2D eigenvalue weighted by molar-refractivity contribution is 5.63. The van der Waals surface area contributed by atoms with Gasteiger partial charge in [-0.1, -0.05) is 5.92 Å². The van der Waals surface area contributed by atoms with E-state index in [2.05, 4.69) is 15.4 Å². The summed E-state index contributed by atoms with van der Waals surface area (Å²) in [6.45, 7) is 1.78. The maximum absolute atomic E-state index is 10.3. The summed E-state index contributed by atoms with van der Waals surface area (Å²) >= 11 is 0. The van der Waals surface area contributed by atoms with E-state index in [-0.39, 0.29) is 6.61 Å². The second-order valence-electron chi connectivity index (χ2n) is 2.02. The molecule has 0 aliphatic carbocycles. The SMILES string of the molecule is C#CC1(C)COC(=O)O1. The number of hydrogen-bond donors (Lipinski definition) is 0. The fraction of sp³-hybridized carbons (Fsp3) is 0.500. The number of carbonyl (C=O) groups excluding carboxylic acids is 1. The Morgan fingerprint density at radius 1 is 1.89 bits per heavy atom. The van der Waals surface area contributed by atoms with Gasteiger partial charge in [0.05, 0.1) is 0 Å². The van der Waals surface area contributed by atoms with Gasteiger partial charge < -0.3 is 9.47 Å². The molecule has 1 aliphatic rings. The van der Waals surface area contributed by atoms with Crippen molar-refractivity contribution >= 4 is 6.16 Å². The van der Waals surface area contributed by atoms with E-state index in [0.717, 1.165) is 0 Å². The number of terminal acetylenes is 1. The second kappa shape index (κ2) is 1.66. The summed E-state index contributed by atoms with van der Waals surface area (Å²) in [4.78, 5) is 10.3. The molecule has 0 amide bonds. The van der Waals surface area contributed by atoms with Crippen LogP contribution in [0.4, 0.5) is 4.79 Å². The lowest BCUT2D eigenvalue weighted by atomic mass is 10.1. The summed E-state index contributed by atoms with van der Waals surface area (Å²) in [5.41, 5.74) is -0.836. The van der Waals surface area contributed by atoms with Crippen molar-refractivity contribution in [3.05, 3.63) is 0 Å². The quantitative estimate of drug-likeness (QED) is 0.351. The third-order valence-electron chi connectivity index (χ3n) is 1.08. The third kappa shape index (κ3) is 0.968. The maximum Gasteiger partial charge on any atom is 0.510 e. The van der Waals surface area contributed by atoms with Gasteiger partial charge in [-0.15, -0.1) is 6.42 Å². The third-order valence-corrected chi connectivity index (χ3v) is 1.08. The van der Waals surface area contributed by atoms with Crippen LogP contribution in [0, 0.1) is 12.3 Å². The highest BCUT2D eigenvalue weighted by Crippen LogP contribution is 2.17. The Bertz CT molecular complexity index is 179. The lowest BCUT2D eigenvalue weighted by Crippen LogP contribution is -2.24.